The van der Waals surface area contributed by atoms with Crippen LogP contribution in [0.15, 0.2) is 108 Å². The van der Waals surface area contributed by atoms with Crippen LogP contribution in [0.25, 0.3) is 0 Å². The number of anilines is 3. The van der Waals surface area contributed by atoms with E-state index in [1.165, 1.54) is 33.0 Å². The minimum absolute atomic E-state index is 0.992. The summed E-state index contributed by atoms with van der Waals surface area (Å²) in [6.45, 7) is 0. The van der Waals surface area contributed by atoms with Gasteiger partial charge in [0, 0.05) is 75.3 Å². The Morgan fingerprint density at radius 3 is 1.03 bits per heavy atom. The molecular weight excluding hydrogens is 447 g/mol. The average Bonchev–Trinajstić information content (AvgIpc) is 2.88. The molecule has 5 heteroatoms. The highest BCUT2D eigenvalue weighted by Gasteiger charge is 2.28. The lowest BCUT2D eigenvalue weighted by Crippen LogP contribution is -2.26. The highest BCUT2D eigenvalue weighted by atomic mass is 31.2. The summed E-state index contributed by atoms with van der Waals surface area (Å²) >= 11 is 0. The molecule has 180 valence electrons. The van der Waals surface area contributed by atoms with E-state index in [2.05, 4.69) is 154 Å². The predicted octanol–water partition coefficient (Wildman–Crippen LogP) is 5.69. The third kappa shape index (κ3) is 5.13. The zero-order valence-corrected chi connectivity index (χ0v) is 22.4. The third-order valence-electron chi connectivity index (χ3n) is 6.24. The molecule has 0 bridgehead atoms. The molecule has 4 rings (SSSR count). The predicted molar refractivity (Wildman–Crippen MR) is 157 cm³/mol. The van der Waals surface area contributed by atoms with Crippen LogP contribution in [0.3, 0.4) is 0 Å². The van der Waals surface area contributed by atoms with Crippen LogP contribution < -0.4 is 30.6 Å². The standard InChI is InChI=1S/C30H35N4P/c1-32(2)25-12-18-28(19-13-25)35(31-24-10-8-7-9-11-24,29-20-14-26(15-21-29)33(3)4)30-22-16-27(17-23-30)34(5)6/h7-23H,1-6H3. The summed E-state index contributed by atoms with van der Waals surface area (Å²) in [4.78, 5) is 6.40. The summed E-state index contributed by atoms with van der Waals surface area (Å²) < 4.78 is 5.59. The van der Waals surface area contributed by atoms with Gasteiger partial charge in [0.15, 0.2) is 0 Å². The van der Waals surface area contributed by atoms with Gasteiger partial charge in [0.1, 0.15) is 0 Å². The van der Waals surface area contributed by atoms with Crippen LogP contribution >= 0.6 is 7.05 Å². The number of benzene rings is 4. The maximum absolute atomic E-state index is 5.59. The van der Waals surface area contributed by atoms with Gasteiger partial charge >= 0.3 is 0 Å². The second-order valence-electron chi connectivity index (χ2n) is 9.30. The van der Waals surface area contributed by atoms with Crippen molar-refractivity contribution in [2.45, 2.75) is 0 Å². The SMILES string of the molecule is CN(C)c1ccc(P(=Nc2ccccc2)(c2ccc(N(C)C)cc2)c2ccc(N(C)C)cc2)cc1. The zero-order valence-electron chi connectivity index (χ0n) is 21.6. The van der Waals surface area contributed by atoms with Gasteiger partial charge in [-0.15, -0.1) is 0 Å². The van der Waals surface area contributed by atoms with Crippen molar-refractivity contribution in [2.24, 2.45) is 4.74 Å². The molecule has 4 aromatic carbocycles. The second kappa shape index (κ2) is 10.4. The van der Waals surface area contributed by atoms with Gasteiger partial charge in [-0.1, -0.05) is 54.6 Å². The van der Waals surface area contributed by atoms with Gasteiger partial charge < -0.3 is 14.7 Å². The summed E-state index contributed by atoms with van der Waals surface area (Å²) in [5.74, 6) is 0. The molecule has 0 saturated heterocycles. The van der Waals surface area contributed by atoms with E-state index in [4.69, 9.17) is 4.74 Å². The number of rotatable bonds is 7. The summed E-state index contributed by atoms with van der Waals surface area (Å²) in [7, 11) is 10.1. The van der Waals surface area contributed by atoms with E-state index < -0.39 is 7.05 Å². The molecule has 0 fully saturated rings. The Hall–Kier alpha value is -3.49. The topological polar surface area (TPSA) is 22.1 Å². The molecule has 0 unspecified atom stereocenters. The molecule has 0 heterocycles. The smallest absolute Gasteiger partial charge is 0.0625 e. The first-order valence-electron chi connectivity index (χ1n) is 11.8. The van der Waals surface area contributed by atoms with Crippen LogP contribution in [0.1, 0.15) is 0 Å². The Labute approximate surface area is 210 Å². The molecule has 0 spiro atoms. The van der Waals surface area contributed by atoms with Crippen molar-refractivity contribution in [3.05, 3.63) is 103 Å². The molecule has 4 aromatic rings. The van der Waals surface area contributed by atoms with Gasteiger partial charge in [-0.2, -0.15) is 0 Å². The van der Waals surface area contributed by atoms with Crippen LogP contribution in [0, 0.1) is 0 Å². The van der Waals surface area contributed by atoms with E-state index in [0.29, 0.717) is 0 Å². The van der Waals surface area contributed by atoms with Gasteiger partial charge in [-0.05, 0) is 48.5 Å². The maximum atomic E-state index is 5.59. The highest BCUT2D eigenvalue weighted by molar-refractivity contribution is 7.87. The van der Waals surface area contributed by atoms with E-state index in [1.54, 1.807) is 0 Å². The van der Waals surface area contributed by atoms with Gasteiger partial charge in [0.05, 0.1) is 12.7 Å². The molecule has 0 atom stereocenters. The van der Waals surface area contributed by atoms with E-state index in [1.807, 2.05) is 6.07 Å². The molecule has 0 aliphatic carbocycles. The summed E-state index contributed by atoms with van der Waals surface area (Å²) in [5.41, 5.74) is 4.53. The van der Waals surface area contributed by atoms with Crippen molar-refractivity contribution in [3.8, 4) is 0 Å². The van der Waals surface area contributed by atoms with Crippen LogP contribution in [0.5, 0.6) is 0 Å². The molecular formula is C30H35N4P. The first-order valence-corrected chi connectivity index (χ1v) is 13.6. The van der Waals surface area contributed by atoms with Crippen molar-refractivity contribution in [1.29, 1.82) is 0 Å². The van der Waals surface area contributed by atoms with Gasteiger partial charge in [-0.3, -0.25) is 4.74 Å². The monoisotopic (exact) mass is 482 g/mol. The third-order valence-corrected chi connectivity index (χ3v) is 9.91. The quantitative estimate of drug-likeness (QED) is 0.316. The Morgan fingerprint density at radius 1 is 0.429 bits per heavy atom. The molecule has 0 aromatic heterocycles. The second-order valence-corrected chi connectivity index (χ2v) is 12.3. The van der Waals surface area contributed by atoms with Crippen molar-refractivity contribution >= 4 is 45.7 Å². The maximum Gasteiger partial charge on any atom is 0.0625 e. The van der Waals surface area contributed by atoms with Crippen molar-refractivity contribution in [3.63, 3.8) is 0 Å². The van der Waals surface area contributed by atoms with E-state index >= 15 is 0 Å². The van der Waals surface area contributed by atoms with E-state index in [0.717, 1.165) is 5.69 Å². The van der Waals surface area contributed by atoms with Crippen molar-refractivity contribution in [2.75, 3.05) is 57.0 Å². The Balaban J connectivity index is 2.06. The van der Waals surface area contributed by atoms with Crippen molar-refractivity contribution < 1.29 is 0 Å². The Morgan fingerprint density at radius 2 is 0.743 bits per heavy atom. The van der Waals surface area contributed by atoms with Gasteiger partial charge in [0.25, 0.3) is 0 Å². The first-order chi connectivity index (χ1) is 16.8. The lowest BCUT2D eigenvalue weighted by Gasteiger charge is -2.28. The fourth-order valence-electron chi connectivity index (χ4n) is 4.19. The number of hydrogen-bond donors (Lipinski definition) is 0. The lowest BCUT2D eigenvalue weighted by molar-refractivity contribution is 1.13. The zero-order chi connectivity index (χ0) is 25.0. The van der Waals surface area contributed by atoms with E-state index in [9.17, 15) is 0 Å². The molecule has 0 N–H and O–H groups in total. The van der Waals surface area contributed by atoms with E-state index in [-0.39, 0.29) is 0 Å². The first kappa shape index (κ1) is 24.6. The molecule has 0 aliphatic rings. The molecule has 0 amide bonds. The summed E-state index contributed by atoms with van der Waals surface area (Å²) in [6, 6.07) is 37.1. The number of nitrogens with zero attached hydrogens (tertiary/aromatic N) is 4. The van der Waals surface area contributed by atoms with Gasteiger partial charge in [-0.25, -0.2) is 0 Å². The van der Waals surface area contributed by atoms with Crippen LogP contribution in [0.4, 0.5) is 22.7 Å². The van der Waals surface area contributed by atoms with Crippen LogP contribution in [0.2, 0.25) is 0 Å². The summed E-state index contributed by atoms with van der Waals surface area (Å²) in [6.07, 6.45) is 0. The lowest BCUT2D eigenvalue weighted by atomic mass is 10.3. The molecule has 0 saturated carbocycles. The molecule has 0 aliphatic heterocycles. The number of hydrogen-bond acceptors (Lipinski definition) is 4. The molecule has 35 heavy (non-hydrogen) atoms. The van der Waals surface area contributed by atoms with Crippen LogP contribution in [-0.2, 0) is 0 Å². The minimum Gasteiger partial charge on any atom is -0.378 e. The Bertz CT molecular complexity index is 1160. The largest absolute Gasteiger partial charge is 0.378 e. The van der Waals surface area contributed by atoms with Gasteiger partial charge in [0.2, 0.25) is 0 Å². The fraction of sp³-hybridized carbons (Fsp3) is 0.200. The minimum atomic E-state index is -2.36. The normalized spacial score (nSPS) is 11.1. The fourth-order valence-corrected chi connectivity index (χ4v) is 7.65. The highest BCUT2D eigenvalue weighted by Crippen LogP contribution is 2.49. The summed E-state index contributed by atoms with van der Waals surface area (Å²) in [5, 5.41) is 3.71. The average molecular weight is 483 g/mol. The van der Waals surface area contributed by atoms with Crippen LogP contribution in [-0.4, -0.2) is 42.3 Å². The molecule has 4 nitrogen and oxygen atoms in total. The molecule has 0 radical (unpaired) electrons. The van der Waals surface area contributed by atoms with Crippen molar-refractivity contribution in [1.82, 2.24) is 0 Å². The Kier molecular flexibility index (Phi) is 7.33.